The normalized spacial score (nSPS) is 14.1. The Hall–Kier alpha value is -2.18. The van der Waals surface area contributed by atoms with Crippen molar-refractivity contribution < 1.29 is 13.6 Å². The minimum atomic E-state index is -2.57. The first kappa shape index (κ1) is 15.2. The van der Waals surface area contributed by atoms with Crippen LogP contribution in [0.3, 0.4) is 0 Å². The maximum Gasteiger partial charge on any atom is 0.255 e. The van der Waals surface area contributed by atoms with Gasteiger partial charge in [0, 0.05) is 5.69 Å². The third kappa shape index (κ3) is 4.70. The van der Waals surface area contributed by atoms with Gasteiger partial charge in [0.2, 0.25) is 5.91 Å². The van der Waals surface area contributed by atoms with Gasteiger partial charge < -0.3 is 16.4 Å². The minimum Gasteiger partial charge on any atom is -0.370 e. The molecular formula is C14H18F2N4O. The van der Waals surface area contributed by atoms with Crippen LogP contribution in [0.5, 0.6) is 0 Å². The highest BCUT2D eigenvalue weighted by molar-refractivity contribution is 5.94. The van der Waals surface area contributed by atoms with E-state index < -0.39 is 18.9 Å². The Kier molecular flexibility index (Phi) is 5.08. The second-order valence-corrected chi connectivity index (χ2v) is 4.86. The second-order valence-electron chi connectivity index (χ2n) is 4.86. The van der Waals surface area contributed by atoms with Gasteiger partial charge in [0.25, 0.3) is 6.43 Å². The lowest BCUT2D eigenvalue weighted by molar-refractivity contribution is -0.120. The van der Waals surface area contributed by atoms with Crippen molar-refractivity contribution in [2.24, 2.45) is 10.7 Å². The highest BCUT2D eigenvalue weighted by atomic mass is 19.3. The van der Waals surface area contributed by atoms with E-state index in [1.54, 1.807) is 0 Å². The van der Waals surface area contributed by atoms with Gasteiger partial charge in [-0.15, -0.1) is 0 Å². The number of carbonyl (C=O) groups excluding carboxylic acids is 1. The van der Waals surface area contributed by atoms with Crippen molar-refractivity contribution in [1.82, 2.24) is 5.32 Å². The zero-order chi connectivity index (χ0) is 15.2. The van der Waals surface area contributed by atoms with Crippen LogP contribution in [-0.2, 0) is 17.6 Å². The Morgan fingerprint density at radius 3 is 2.86 bits per heavy atom. The van der Waals surface area contributed by atoms with Gasteiger partial charge in [-0.2, -0.15) is 0 Å². The van der Waals surface area contributed by atoms with Gasteiger partial charge in [0.1, 0.15) is 6.54 Å². The molecule has 1 amide bonds. The number of benzene rings is 1. The van der Waals surface area contributed by atoms with E-state index >= 15 is 0 Å². The monoisotopic (exact) mass is 296 g/mol. The molecule has 1 aromatic carbocycles. The molecule has 2 rings (SSSR count). The first-order valence-corrected chi connectivity index (χ1v) is 6.78. The highest BCUT2D eigenvalue weighted by Crippen LogP contribution is 2.24. The Labute approximate surface area is 121 Å². The number of alkyl halides is 2. The van der Waals surface area contributed by atoms with Crippen LogP contribution in [0.1, 0.15) is 17.5 Å². The van der Waals surface area contributed by atoms with E-state index in [4.69, 9.17) is 5.73 Å². The largest absolute Gasteiger partial charge is 0.370 e. The van der Waals surface area contributed by atoms with E-state index in [1.807, 2.05) is 18.2 Å². The minimum absolute atomic E-state index is 0.0835. The quantitative estimate of drug-likeness (QED) is 0.566. The summed E-state index contributed by atoms with van der Waals surface area (Å²) in [6.45, 7) is -0.955. The summed E-state index contributed by atoms with van der Waals surface area (Å²) >= 11 is 0. The van der Waals surface area contributed by atoms with Gasteiger partial charge in [-0.1, -0.05) is 6.07 Å². The predicted molar refractivity (Wildman–Crippen MR) is 77.6 cm³/mol. The number of rotatable bonds is 5. The number of nitrogens with two attached hydrogens (primary N) is 1. The molecule has 0 heterocycles. The highest BCUT2D eigenvalue weighted by Gasteiger charge is 2.11. The molecule has 0 aromatic heterocycles. The summed E-state index contributed by atoms with van der Waals surface area (Å²) in [7, 11) is 0. The average molecular weight is 296 g/mol. The molecule has 0 saturated carbocycles. The van der Waals surface area contributed by atoms with Crippen molar-refractivity contribution in [1.29, 1.82) is 0 Å². The average Bonchev–Trinajstić information content (AvgIpc) is 2.90. The number of halogens is 2. The third-order valence-corrected chi connectivity index (χ3v) is 3.22. The summed E-state index contributed by atoms with van der Waals surface area (Å²) in [6.07, 6.45) is 0.744. The van der Waals surface area contributed by atoms with Gasteiger partial charge in [-0.25, -0.2) is 13.8 Å². The number of aliphatic imine (C=N–C) groups is 1. The van der Waals surface area contributed by atoms with Crippen LogP contribution in [0.25, 0.3) is 0 Å². The van der Waals surface area contributed by atoms with E-state index in [2.05, 4.69) is 15.6 Å². The number of nitrogens with one attached hydrogen (secondary N) is 2. The van der Waals surface area contributed by atoms with Crippen LogP contribution in [-0.4, -0.2) is 31.4 Å². The van der Waals surface area contributed by atoms with Gasteiger partial charge in [-0.3, -0.25) is 4.79 Å². The molecule has 0 aliphatic heterocycles. The maximum absolute atomic E-state index is 11.9. The number of fused-ring (bicyclic) bond motifs is 1. The van der Waals surface area contributed by atoms with E-state index in [1.165, 1.54) is 11.1 Å². The molecule has 0 radical (unpaired) electrons. The lowest BCUT2D eigenvalue weighted by Crippen LogP contribution is -2.32. The lowest BCUT2D eigenvalue weighted by atomic mass is 10.1. The maximum atomic E-state index is 11.9. The molecule has 0 bridgehead atoms. The molecule has 0 saturated heterocycles. The fourth-order valence-corrected chi connectivity index (χ4v) is 2.24. The molecular weight excluding hydrogens is 278 g/mol. The Balaban J connectivity index is 1.84. The van der Waals surface area contributed by atoms with Crippen molar-refractivity contribution in [2.45, 2.75) is 25.7 Å². The number of guanidine groups is 1. The van der Waals surface area contributed by atoms with E-state index in [0.29, 0.717) is 0 Å². The fourth-order valence-electron chi connectivity index (χ4n) is 2.24. The van der Waals surface area contributed by atoms with Crippen LogP contribution < -0.4 is 16.4 Å². The van der Waals surface area contributed by atoms with Crippen molar-refractivity contribution in [2.75, 3.05) is 18.4 Å². The molecule has 1 aliphatic rings. The van der Waals surface area contributed by atoms with E-state index in [9.17, 15) is 13.6 Å². The summed E-state index contributed by atoms with van der Waals surface area (Å²) in [5, 5.41) is 4.95. The molecule has 5 nitrogen and oxygen atoms in total. The molecule has 4 N–H and O–H groups in total. The number of nitrogens with zero attached hydrogens (tertiary/aromatic N) is 1. The lowest BCUT2D eigenvalue weighted by Gasteiger charge is -2.08. The molecule has 0 unspecified atom stereocenters. The number of carbonyl (C=O) groups is 1. The third-order valence-electron chi connectivity index (χ3n) is 3.22. The number of hydrogen-bond donors (Lipinski definition) is 3. The van der Waals surface area contributed by atoms with E-state index in [0.717, 1.165) is 24.9 Å². The van der Waals surface area contributed by atoms with Crippen LogP contribution in [0.2, 0.25) is 0 Å². The van der Waals surface area contributed by atoms with Gasteiger partial charge >= 0.3 is 0 Å². The molecule has 1 aromatic rings. The molecule has 21 heavy (non-hydrogen) atoms. The molecule has 7 heteroatoms. The molecule has 0 fully saturated rings. The zero-order valence-electron chi connectivity index (χ0n) is 11.5. The van der Waals surface area contributed by atoms with Crippen LogP contribution in [0, 0.1) is 0 Å². The van der Waals surface area contributed by atoms with Crippen molar-refractivity contribution in [3.05, 3.63) is 29.3 Å². The van der Waals surface area contributed by atoms with Crippen LogP contribution in [0.4, 0.5) is 14.5 Å². The summed E-state index contributed by atoms with van der Waals surface area (Å²) in [5.41, 5.74) is 9.12. The fraction of sp³-hybridized carbons (Fsp3) is 0.429. The molecule has 0 spiro atoms. The Morgan fingerprint density at radius 1 is 1.33 bits per heavy atom. The molecule has 1 aliphatic carbocycles. The summed E-state index contributed by atoms with van der Waals surface area (Å²) in [6, 6.07) is 5.97. The van der Waals surface area contributed by atoms with E-state index in [-0.39, 0.29) is 12.5 Å². The SMILES string of the molecule is NC(=NCC(=O)NCC(F)F)Nc1ccc2c(c1)CCC2. The second kappa shape index (κ2) is 7.01. The first-order chi connectivity index (χ1) is 10.0. The van der Waals surface area contributed by atoms with Crippen molar-refractivity contribution in [3.63, 3.8) is 0 Å². The van der Waals surface area contributed by atoms with Crippen LogP contribution >= 0.6 is 0 Å². The Bertz CT molecular complexity index is 546. The molecule has 0 atom stereocenters. The van der Waals surface area contributed by atoms with Crippen molar-refractivity contribution in [3.8, 4) is 0 Å². The standard InChI is InChI=1S/C14H18F2N4O/c15-12(16)7-18-13(21)8-19-14(17)20-11-5-4-9-2-1-3-10(9)6-11/h4-6,12H,1-3,7-8H2,(H,18,21)(H3,17,19,20). The Morgan fingerprint density at radius 2 is 2.10 bits per heavy atom. The number of anilines is 1. The number of hydrogen-bond acceptors (Lipinski definition) is 2. The zero-order valence-corrected chi connectivity index (χ0v) is 11.5. The van der Waals surface area contributed by atoms with Crippen LogP contribution in [0.15, 0.2) is 23.2 Å². The molecule has 114 valence electrons. The van der Waals surface area contributed by atoms with Gasteiger partial charge in [0.15, 0.2) is 5.96 Å². The number of amides is 1. The summed E-state index contributed by atoms with van der Waals surface area (Å²) in [4.78, 5) is 15.0. The smallest absolute Gasteiger partial charge is 0.255 e. The summed E-state index contributed by atoms with van der Waals surface area (Å²) in [5.74, 6) is -0.505. The van der Waals surface area contributed by atoms with Crippen molar-refractivity contribution >= 4 is 17.6 Å². The van der Waals surface area contributed by atoms with Gasteiger partial charge in [-0.05, 0) is 42.5 Å². The summed E-state index contributed by atoms with van der Waals surface area (Å²) < 4.78 is 23.8. The topological polar surface area (TPSA) is 79.5 Å². The predicted octanol–water partition coefficient (Wildman–Crippen LogP) is 1.28. The van der Waals surface area contributed by atoms with Gasteiger partial charge in [0.05, 0.1) is 6.54 Å². The first-order valence-electron chi connectivity index (χ1n) is 6.78. The number of aryl methyl sites for hydroxylation is 2.